The first-order valence-corrected chi connectivity index (χ1v) is 3.58. The summed E-state index contributed by atoms with van der Waals surface area (Å²) in [4.78, 5) is 7.73. The topological polar surface area (TPSA) is 73.4 Å². The van der Waals surface area contributed by atoms with Crippen molar-refractivity contribution in [2.24, 2.45) is 0 Å². The Hall–Kier alpha value is -2.20. The smallest absolute Gasteiger partial charge is 0.177 e. The molecule has 0 N–H and O–H groups in total. The van der Waals surface area contributed by atoms with Gasteiger partial charge in [0.1, 0.15) is 12.1 Å². The highest BCUT2D eigenvalue weighted by molar-refractivity contribution is 5.35. The largest absolute Gasteiger partial charge is 0.241 e. The van der Waals surface area contributed by atoms with Crippen LogP contribution < -0.4 is 0 Å². The van der Waals surface area contributed by atoms with Crippen molar-refractivity contribution in [2.45, 2.75) is 6.42 Å². The van der Waals surface area contributed by atoms with Crippen molar-refractivity contribution in [3.05, 3.63) is 35.9 Å². The van der Waals surface area contributed by atoms with E-state index in [1.807, 2.05) is 6.07 Å². The van der Waals surface area contributed by atoms with E-state index >= 15 is 0 Å². The fourth-order valence-electron chi connectivity index (χ4n) is 0.832. The molecule has 1 aromatic rings. The lowest BCUT2D eigenvalue weighted by Gasteiger charge is -1.96. The van der Waals surface area contributed by atoms with Crippen molar-refractivity contribution in [1.82, 2.24) is 9.97 Å². The monoisotopic (exact) mass is 170 g/mol. The average Bonchev–Trinajstić information content (AvgIpc) is 2.18. The molecular formula is C9H6N4. The first-order valence-electron chi connectivity index (χ1n) is 3.58. The van der Waals surface area contributed by atoms with Gasteiger partial charge in [0.15, 0.2) is 11.4 Å². The van der Waals surface area contributed by atoms with Crippen LogP contribution in [0.1, 0.15) is 17.1 Å². The molecule has 0 amide bonds. The van der Waals surface area contributed by atoms with Crippen LogP contribution in [0.4, 0.5) is 0 Å². The molecule has 0 aliphatic rings. The molecule has 1 heterocycles. The van der Waals surface area contributed by atoms with Gasteiger partial charge in [0, 0.05) is 6.42 Å². The summed E-state index contributed by atoms with van der Waals surface area (Å²) in [5.74, 6) is 0. The summed E-state index contributed by atoms with van der Waals surface area (Å²) in [6.45, 7) is 3.54. The zero-order chi connectivity index (χ0) is 9.68. The minimum Gasteiger partial charge on any atom is -0.241 e. The third kappa shape index (κ3) is 1.88. The minimum absolute atomic E-state index is 0.0651. The molecular weight excluding hydrogens is 164 g/mol. The van der Waals surface area contributed by atoms with Crippen LogP contribution in [0.2, 0.25) is 0 Å². The Morgan fingerprint density at radius 3 is 2.62 bits per heavy atom. The summed E-state index contributed by atoms with van der Waals surface area (Å²) in [7, 11) is 0. The third-order valence-corrected chi connectivity index (χ3v) is 1.39. The molecule has 0 spiro atoms. The lowest BCUT2D eigenvalue weighted by atomic mass is 10.3. The normalized spacial score (nSPS) is 8.46. The molecule has 0 aliphatic heterocycles. The predicted octanol–water partition coefficient (Wildman–Crippen LogP) is 0.948. The SMILES string of the molecule is C=CCc1cnc(C#N)c(C#N)n1. The lowest BCUT2D eigenvalue weighted by molar-refractivity contribution is 1.02. The number of rotatable bonds is 2. The summed E-state index contributed by atoms with van der Waals surface area (Å²) < 4.78 is 0. The molecule has 1 rings (SSSR count). The van der Waals surface area contributed by atoms with Gasteiger partial charge in [0.25, 0.3) is 0 Å². The second-order valence-electron chi connectivity index (χ2n) is 2.27. The summed E-state index contributed by atoms with van der Waals surface area (Å²) in [6, 6.07) is 3.61. The lowest BCUT2D eigenvalue weighted by Crippen LogP contribution is -1.97. The second kappa shape index (κ2) is 3.99. The number of hydrogen-bond acceptors (Lipinski definition) is 4. The van der Waals surface area contributed by atoms with Crippen LogP contribution in [0.25, 0.3) is 0 Å². The summed E-state index contributed by atoms with van der Waals surface area (Å²) in [5, 5.41) is 17.2. The Kier molecular flexibility index (Phi) is 2.73. The van der Waals surface area contributed by atoms with Crippen molar-refractivity contribution >= 4 is 0 Å². The molecule has 13 heavy (non-hydrogen) atoms. The Labute approximate surface area is 75.8 Å². The number of nitrogens with zero attached hydrogens (tertiary/aromatic N) is 4. The molecule has 0 bridgehead atoms. The van der Waals surface area contributed by atoms with Crippen LogP contribution in [0.3, 0.4) is 0 Å². The van der Waals surface area contributed by atoms with Crippen LogP contribution in [0, 0.1) is 22.7 Å². The second-order valence-corrected chi connectivity index (χ2v) is 2.27. The quantitative estimate of drug-likeness (QED) is 0.619. The zero-order valence-electron chi connectivity index (χ0n) is 6.86. The summed E-state index contributed by atoms with van der Waals surface area (Å²) >= 11 is 0. The maximum absolute atomic E-state index is 8.61. The highest BCUT2D eigenvalue weighted by Gasteiger charge is 2.04. The van der Waals surface area contributed by atoms with E-state index in [1.165, 1.54) is 6.20 Å². The van der Waals surface area contributed by atoms with Gasteiger partial charge in [0.05, 0.1) is 11.9 Å². The first-order chi connectivity index (χ1) is 6.31. The predicted molar refractivity (Wildman–Crippen MR) is 45.4 cm³/mol. The molecule has 0 saturated carbocycles. The van der Waals surface area contributed by atoms with Gasteiger partial charge in [-0.05, 0) is 0 Å². The van der Waals surface area contributed by atoms with Crippen LogP contribution in [-0.4, -0.2) is 9.97 Å². The average molecular weight is 170 g/mol. The Bertz CT molecular complexity index is 409. The molecule has 0 fully saturated rings. The maximum Gasteiger partial charge on any atom is 0.177 e. The van der Waals surface area contributed by atoms with Crippen LogP contribution in [0.5, 0.6) is 0 Å². The summed E-state index contributed by atoms with van der Waals surface area (Å²) in [5.41, 5.74) is 0.780. The van der Waals surface area contributed by atoms with Crippen LogP contribution >= 0.6 is 0 Å². The molecule has 4 heteroatoms. The van der Waals surface area contributed by atoms with Crippen molar-refractivity contribution in [2.75, 3.05) is 0 Å². The molecule has 62 valence electrons. The van der Waals surface area contributed by atoms with Gasteiger partial charge < -0.3 is 0 Å². The Morgan fingerprint density at radius 2 is 2.08 bits per heavy atom. The highest BCUT2D eigenvalue weighted by atomic mass is 14.8. The number of hydrogen-bond donors (Lipinski definition) is 0. The fraction of sp³-hybridized carbons (Fsp3) is 0.111. The number of nitriles is 2. The molecule has 0 aromatic carbocycles. The van der Waals surface area contributed by atoms with E-state index in [2.05, 4.69) is 16.5 Å². The van der Waals surface area contributed by atoms with Crippen LogP contribution in [0.15, 0.2) is 18.9 Å². The first kappa shape index (κ1) is 8.89. The Balaban J connectivity index is 3.16. The van der Waals surface area contributed by atoms with E-state index in [9.17, 15) is 0 Å². The maximum atomic E-state index is 8.61. The van der Waals surface area contributed by atoms with Gasteiger partial charge in [-0.1, -0.05) is 6.08 Å². The Morgan fingerprint density at radius 1 is 1.38 bits per heavy atom. The van der Waals surface area contributed by atoms with Gasteiger partial charge in [-0.25, -0.2) is 9.97 Å². The molecule has 0 unspecified atom stereocenters. The third-order valence-electron chi connectivity index (χ3n) is 1.39. The molecule has 0 atom stereocenters. The standard InChI is InChI=1S/C9H6N4/c1-2-3-7-6-12-8(4-10)9(5-11)13-7/h2,6H,1,3H2. The fourth-order valence-corrected chi connectivity index (χ4v) is 0.832. The van der Waals surface area contributed by atoms with Crippen molar-refractivity contribution < 1.29 is 0 Å². The number of allylic oxidation sites excluding steroid dienone is 1. The van der Waals surface area contributed by atoms with E-state index < -0.39 is 0 Å². The molecule has 1 aromatic heterocycles. The van der Waals surface area contributed by atoms with Crippen molar-refractivity contribution in [3.63, 3.8) is 0 Å². The van der Waals surface area contributed by atoms with E-state index in [-0.39, 0.29) is 11.4 Å². The van der Waals surface area contributed by atoms with Gasteiger partial charge in [0.2, 0.25) is 0 Å². The van der Waals surface area contributed by atoms with Gasteiger partial charge in [-0.2, -0.15) is 10.5 Å². The van der Waals surface area contributed by atoms with Gasteiger partial charge >= 0.3 is 0 Å². The zero-order valence-corrected chi connectivity index (χ0v) is 6.86. The van der Waals surface area contributed by atoms with Gasteiger partial charge in [-0.15, -0.1) is 6.58 Å². The van der Waals surface area contributed by atoms with Gasteiger partial charge in [-0.3, -0.25) is 0 Å². The van der Waals surface area contributed by atoms with E-state index in [1.54, 1.807) is 12.1 Å². The van der Waals surface area contributed by atoms with Crippen molar-refractivity contribution in [1.29, 1.82) is 10.5 Å². The molecule has 4 nitrogen and oxygen atoms in total. The van der Waals surface area contributed by atoms with E-state index in [0.29, 0.717) is 12.1 Å². The van der Waals surface area contributed by atoms with Crippen LogP contribution in [-0.2, 0) is 6.42 Å². The highest BCUT2D eigenvalue weighted by Crippen LogP contribution is 2.02. The number of aromatic nitrogens is 2. The van der Waals surface area contributed by atoms with E-state index in [0.717, 1.165) is 0 Å². The summed E-state index contributed by atoms with van der Waals surface area (Å²) in [6.07, 6.45) is 3.69. The minimum atomic E-state index is 0.0651. The van der Waals surface area contributed by atoms with E-state index in [4.69, 9.17) is 10.5 Å². The van der Waals surface area contributed by atoms with Crippen molar-refractivity contribution in [3.8, 4) is 12.1 Å². The molecule has 0 aliphatic carbocycles. The molecule has 0 radical (unpaired) electrons. The molecule has 0 saturated heterocycles.